The molecule has 1 atom stereocenters. The van der Waals surface area contributed by atoms with E-state index in [-0.39, 0.29) is 12.5 Å². The zero-order chi connectivity index (χ0) is 17.5. The van der Waals surface area contributed by atoms with Gasteiger partial charge in [0.05, 0.1) is 17.3 Å². The number of carbonyl (C=O) groups excluding carboxylic acids is 1. The highest BCUT2D eigenvalue weighted by molar-refractivity contribution is 6.01. The van der Waals surface area contributed by atoms with Crippen LogP contribution in [0.25, 0.3) is 0 Å². The molecule has 0 saturated heterocycles. The van der Waals surface area contributed by atoms with E-state index >= 15 is 0 Å². The molecule has 1 aliphatic rings. The highest BCUT2D eigenvalue weighted by Crippen LogP contribution is 2.26. The minimum absolute atomic E-state index is 0.130. The molecule has 124 valence electrons. The Morgan fingerprint density at radius 1 is 1.46 bits per heavy atom. The van der Waals surface area contributed by atoms with Gasteiger partial charge in [0.15, 0.2) is 6.61 Å². The molecule has 0 bridgehead atoms. The fourth-order valence-corrected chi connectivity index (χ4v) is 2.36. The van der Waals surface area contributed by atoms with Crippen molar-refractivity contribution in [3.05, 3.63) is 53.6 Å². The number of hydrogen-bond donors (Lipinski definition) is 1. The van der Waals surface area contributed by atoms with Crippen LogP contribution in [0.1, 0.15) is 32.3 Å². The molecule has 2 rings (SSSR count). The molecule has 0 radical (unpaired) electrons. The maximum Gasteiger partial charge on any atom is 0.277 e. The van der Waals surface area contributed by atoms with Crippen molar-refractivity contribution < 1.29 is 9.53 Å². The van der Waals surface area contributed by atoms with Crippen LogP contribution in [-0.2, 0) is 4.79 Å². The fraction of sp³-hybridized carbons (Fsp3) is 0.316. The van der Waals surface area contributed by atoms with Crippen molar-refractivity contribution in [1.82, 2.24) is 5.43 Å². The summed E-state index contributed by atoms with van der Waals surface area (Å²) in [5.41, 5.74) is 6.17. The molecule has 5 heteroatoms. The molecule has 1 N–H and O–H groups in total. The molecule has 1 aromatic carbocycles. The molecule has 1 aliphatic carbocycles. The Labute approximate surface area is 142 Å². The van der Waals surface area contributed by atoms with Gasteiger partial charge < -0.3 is 4.74 Å². The van der Waals surface area contributed by atoms with Gasteiger partial charge in [-0.05, 0) is 62.4 Å². The number of rotatable bonds is 5. The summed E-state index contributed by atoms with van der Waals surface area (Å²) < 4.78 is 5.37. The third-order valence-electron chi connectivity index (χ3n) is 3.97. The molecule has 0 heterocycles. The van der Waals surface area contributed by atoms with E-state index in [1.165, 1.54) is 0 Å². The van der Waals surface area contributed by atoms with E-state index in [2.05, 4.69) is 23.2 Å². The lowest BCUT2D eigenvalue weighted by Crippen LogP contribution is -2.27. The first kappa shape index (κ1) is 17.5. The van der Waals surface area contributed by atoms with Crippen molar-refractivity contribution in [2.75, 3.05) is 6.61 Å². The van der Waals surface area contributed by atoms with Crippen molar-refractivity contribution in [3.8, 4) is 11.8 Å². The molecular formula is C19H21N3O2. The fourth-order valence-electron chi connectivity index (χ4n) is 2.36. The van der Waals surface area contributed by atoms with Crippen molar-refractivity contribution in [1.29, 1.82) is 5.26 Å². The molecule has 0 unspecified atom stereocenters. The highest BCUT2D eigenvalue weighted by atomic mass is 16.5. The van der Waals surface area contributed by atoms with Crippen LogP contribution in [0.5, 0.6) is 5.75 Å². The van der Waals surface area contributed by atoms with Crippen LogP contribution in [0, 0.1) is 17.2 Å². The number of nitriles is 1. The average molecular weight is 323 g/mol. The Hall–Kier alpha value is -2.87. The van der Waals surface area contributed by atoms with Crippen LogP contribution in [0.2, 0.25) is 0 Å². The van der Waals surface area contributed by atoms with Gasteiger partial charge in [0, 0.05) is 0 Å². The van der Waals surface area contributed by atoms with Gasteiger partial charge >= 0.3 is 0 Å². The molecule has 24 heavy (non-hydrogen) atoms. The predicted octanol–water partition coefficient (Wildman–Crippen LogP) is 3.34. The first-order chi connectivity index (χ1) is 11.5. The number of hydrazone groups is 1. The summed E-state index contributed by atoms with van der Waals surface area (Å²) in [6.07, 6.45) is 3.88. The normalized spacial score (nSPS) is 18.5. The maximum absolute atomic E-state index is 11.9. The Morgan fingerprint density at radius 2 is 2.17 bits per heavy atom. The lowest BCUT2D eigenvalue weighted by molar-refractivity contribution is -0.123. The zero-order valence-corrected chi connectivity index (χ0v) is 14.0. The Bertz CT molecular complexity index is 724. The van der Waals surface area contributed by atoms with Crippen molar-refractivity contribution in [2.24, 2.45) is 11.0 Å². The van der Waals surface area contributed by atoms with Crippen LogP contribution >= 0.6 is 0 Å². The van der Waals surface area contributed by atoms with Gasteiger partial charge in [-0.1, -0.05) is 18.2 Å². The quantitative estimate of drug-likeness (QED) is 0.667. The molecular weight excluding hydrogens is 302 g/mol. The molecule has 0 aliphatic heterocycles. The molecule has 0 saturated carbocycles. The van der Waals surface area contributed by atoms with E-state index in [0.717, 1.165) is 29.7 Å². The van der Waals surface area contributed by atoms with Crippen LogP contribution in [-0.4, -0.2) is 18.2 Å². The number of nitrogens with zero attached hydrogens (tertiary/aromatic N) is 2. The van der Waals surface area contributed by atoms with Crippen molar-refractivity contribution in [2.45, 2.75) is 26.7 Å². The van der Waals surface area contributed by atoms with E-state index in [0.29, 0.717) is 17.2 Å². The zero-order valence-electron chi connectivity index (χ0n) is 14.0. The number of benzene rings is 1. The minimum Gasteiger partial charge on any atom is -0.484 e. The molecule has 1 amide bonds. The van der Waals surface area contributed by atoms with Gasteiger partial charge in [0.25, 0.3) is 5.91 Å². The SMILES string of the molecule is C=C(C)[C@H]1CC=C(C)C(=NNC(=O)COc2ccc(C#N)cc2)C1. The second kappa shape index (κ2) is 8.11. The van der Waals surface area contributed by atoms with Crippen LogP contribution in [0.3, 0.4) is 0 Å². The third kappa shape index (κ3) is 4.82. The summed E-state index contributed by atoms with van der Waals surface area (Å²) in [6.45, 7) is 7.88. The van der Waals surface area contributed by atoms with Gasteiger partial charge in [0.2, 0.25) is 0 Å². The maximum atomic E-state index is 11.9. The number of nitrogens with one attached hydrogen (secondary N) is 1. The van der Waals surface area contributed by atoms with E-state index in [9.17, 15) is 4.79 Å². The van der Waals surface area contributed by atoms with E-state index in [4.69, 9.17) is 10.00 Å². The third-order valence-corrected chi connectivity index (χ3v) is 3.97. The number of amides is 1. The summed E-state index contributed by atoms with van der Waals surface area (Å²) >= 11 is 0. The second-order valence-electron chi connectivity index (χ2n) is 5.89. The van der Waals surface area contributed by atoms with Crippen LogP contribution in [0.4, 0.5) is 0 Å². The Balaban J connectivity index is 1.87. The summed E-state index contributed by atoms with van der Waals surface area (Å²) in [5.74, 6) is 0.587. The molecule has 0 fully saturated rings. The van der Waals surface area contributed by atoms with Gasteiger partial charge in [-0.25, -0.2) is 5.43 Å². The molecule has 0 aromatic heterocycles. The largest absolute Gasteiger partial charge is 0.484 e. The smallest absolute Gasteiger partial charge is 0.277 e. The molecule has 1 aromatic rings. The average Bonchev–Trinajstić information content (AvgIpc) is 2.59. The topological polar surface area (TPSA) is 74.5 Å². The summed E-state index contributed by atoms with van der Waals surface area (Å²) in [7, 11) is 0. The Morgan fingerprint density at radius 3 is 2.79 bits per heavy atom. The van der Waals surface area contributed by atoms with Crippen LogP contribution in [0.15, 0.2) is 53.2 Å². The number of ether oxygens (including phenoxy) is 1. The monoisotopic (exact) mass is 323 g/mol. The lowest BCUT2D eigenvalue weighted by atomic mass is 9.85. The number of carbonyl (C=O) groups is 1. The molecule has 0 spiro atoms. The minimum atomic E-state index is -0.322. The summed E-state index contributed by atoms with van der Waals surface area (Å²) in [5, 5.41) is 13.0. The number of hydrogen-bond acceptors (Lipinski definition) is 4. The van der Waals surface area contributed by atoms with Gasteiger partial charge in [-0.3, -0.25) is 4.79 Å². The lowest BCUT2D eigenvalue weighted by Gasteiger charge is -2.22. The van der Waals surface area contributed by atoms with E-state index < -0.39 is 0 Å². The Kier molecular flexibility index (Phi) is 5.91. The van der Waals surface area contributed by atoms with E-state index in [1.807, 2.05) is 19.9 Å². The second-order valence-corrected chi connectivity index (χ2v) is 5.89. The first-order valence-electron chi connectivity index (χ1n) is 7.80. The highest BCUT2D eigenvalue weighted by Gasteiger charge is 2.18. The first-order valence-corrected chi connectivity index (χ1v) is 7.80. The van der Waals surface area contributed by atoms with Gasteiger partial charge in [-0.2, -0.15) is 10.4 Å². The van der Waals surface area contributed by atoms with E-state index in [1.54, 1.807) is 24.3 Å². The van der Waals surface area contributed by atoms with Crippen molar-refractivity contribution in [3.63, 3.8) is 0 Å². The molecule has 5 nitrogen and oxygen atoms in total. The van der Waals surface area contributed by atoms with Crippen molar-refractivity contribution >= 4 is 11.6 Å². The van der Waals surface area contributed by atoms with Gasteiger partial charge in [0.1, 0.15) is 5.75 Å². The number of allylic oxidation sites excluding steroid dienone is 3. The van der Waals surface area contributed by atoms with Gasteiger partial charge in [-0.15, -0.1) is 0 Å². The summed E-state index contributed by atoms with van der Waals surface area (Å²) in [4.78, 5) is 11.9. The summed E-state index contributed by atoms with van der Waals surface area (Å²) in [6, 6.07) is 8.62. The van der Waals surface area contributed by atoms with Crippen LogP contribution < -0.4 is 10.2 Å². The predicted molar refractivity (Wildman–Crippen MR) is 93.5 cm³/mol. The standard InChI is InChI=1S/C19H21N3O2/c1-13(2)16-7-4-14(3)18(10-16)21-22-19(23)12-24-17-8-5-15(11-20)6-9-17/h4-6,8-9,16H,1,7,10,12H2,2-3H3,(H,22,23)/t16-/m0/s1.